The van der Waals surface area contributed by atoms with E-state index in [1.165, 1.54) is 70.3 Å². The zero-order chi connectivity index (χ0) is 41.4. The van der Waals surface area contributed by atoms with Crippen molar-refractivity contribution < 1.29 is 42.1 Å². The molecule has 0 saturated carbocycles. The van der Waals surface area contributed by atoms with E-state index in [0.29, 0.717) is 23.9 Å². The molecule has 0 aliphatic rings. The second-order valence-electron chi connectivity index (χ2n) is 15.0. The van der Waals surface area contributed by atoms with Crippen molar-refractivity contribution in [3.05, 3.63) is 85.1 Å². The number of carbonyl (C=O) groups excluding carboxylic acids is 2. The van der Waals surface area contributed by atoms with Gasteiger partial charge in [-0.2, -0.15) is 0 Å². The smallest absolute Gasteiger partial charge is 0.330 e. The van der Waals surface area contributed by atoms with Crippen LogP contribution in [-0.4, -0.2) is 70.0 Å². The molecule has 9 nitrogen and oxygen atoms in total. The minimum Gasteiger partial charge on any atom is -0.756 e. The van der Waals surface area contributed by atoms with Crippen LogP contribution in [0, 0.1) is 0 Å². The SMILES string of the molecule is CC/C=C/C/C=C/C/C=C/C/C=C/C/C=C/CCCC(=O)O[C@H](COC(=O)/C=C/C=C/CCCCCCCCCCCCC)COP(=O)([O-])OCC[N+](C)(C)C. The quantitative estimate of drug-likeness (QED) is 0.0116. The summed E-state index contributed by atoms with van der Waals surface area (Å²) in [7, 11) is 1.07. The van der Waals surface area contributed by atoms with Gasteiger partial charge >= 0.3 is 11.9 Å². The van der Waals surface area contributed by atoms with Crippen LogP contribution in [-0.2, 0) is 32.7 Å². The zero-order valence-electron chi connectivity index (χ0n) is 35.8. The first-order valence-electron chi connectivity index (χ1n) is 21.3. The molecule has 0 aliphatic carbocycles. The Morgan fingerprint density at radius 3 is 1.70 bits per heavy atom. The molecule has 0 aromatic heterocycles. The number of unbranched alkanes of at least 4 members (excludes halogenated alkanes) is 12. The fraction of sp³-hybridized carbons (Fsp3) is 0.652. The van der Waals surface area contributed by atoms with Gasteiger partial charge in [-0.1, -0.05) is 157 Å². The van der Waals surface area contributed by atoms with Crippen LogP contribution in [0.15, 0.2) is 85.1 Å². The summed E-state index contributed by atoms with van der Waals surface area (Å²) >= 11 is 0. The van der Waals surface area contributed by atoms with Crippen molar-refractivity contribution in [1.29, 1.82) is 0 Å². The molecule has 0 saturated heterocycles. The summed E-state index contributed by atoms with van der Waals surface area (Å²) in [5.74, 6) is -1.16. The molecule has 0 spiro atoms. The summed E-state index contributed by atoms with van der Waals surface area (Å²) in [4.78, 5) is 37.3. The van der Waals surface area contributed by atoms with Gasteiger partial charge in [0.1, 0.15) is 19.8 Å². The number of nitrogens with zero attached hydrogens (tertiary/aromatic N) is 1. The van der Waals surface area contributed by atoms with Crippen LogP contribution < -0.4 is 4.89 Å². The van der Waals surface area contributed by atoms with Gasteiger partial charge in [-0.3, -0.25) is 9.36 Å². The normalized spacial score (nSPS) is 14.5. The predicted octanol–water partition coefficient (Wildman–Crippen LogP) is 11.4. The van der Waals surface area contributed by atoms with Crippen LogP contribution in [0.2, 0.25) is 0 Å². The number of rotatable bonds is 37. The van der Waals surface area contributed by atoms with Crippen LogP contribution >= 0.6 is 7.82 Å². The van der Waals surface area contributed by atoms with E-state index in [1.54, 1.807) is 6.08 Å². The zero-order valence-corrected chi connectivity index (χ0v) is 36.7. The molecule has 0 amide bonds. The second-order valence-corrected chi connectivity index (χ2v) is 16.5. The first-order valence-corrected chi connectivity index (χ1v) is 22.8. The summed E-state index contributed by atoms with van der Waals surface area (Å²) in [6.45, 7) is 3.89. The van der Waals surface area contributed by atoms with Crippen molar-refractivity contribution >= 4 is 19.8 Å². The van der Waals surface area contributed by atoms with Crippen molar-refractivity contribution in [2.45, 2.75) is 148 Å². The van der Waals surface area contributed by atoms with Crippen molar-refractivity contribution in [2.24, 2.45) is 0 Å². The molecule has 0 N–H and O–H groups in total. The first kappa shape index (κ1) is 53.2. The van der Waals surface area contributed by atoms with Crippen LogP contribution in [0.5, 0.6) is 0 Å². The molecular formula is C46H78NO8P. The van der Waals surface area contributed by atoms with Crippen LogP contribution in [0.4, 0.5) is 0 Å². The molecule has 0 heterocycles. The average molecular weight is 804 g/mol. The molecule has 0 radical (unpaired) electrons. The Balaban J connectivity index is 4.60. The van der Waals surface area contributed by atoms with Gasteiger partial charge in [-0.15, -0.1) is 0 Å². The van der Waals surface area contributed by atoms with E-state index in [-0.39, 0.29) is 19.6 Å². The number of hydrogen-bond acceptors (Lipinski definition) is 8. The number of esters is 2. The number of phosphoric acid groups is 1. The fourth-order valence-corrected chi connectivity index (χ4v) is 5.92. The van der Waals surface area contributed by atoms with Gasteiger partial charge in [0, 0.05) is 12.5 Å². The van der Waals surface area contributed by atoms with Gasteiger partial charge in [-0.05, 0) is 57.8 Å². The Morgan fingerprint density at radius 1 is 0.625 bits per heavy atom. The number of carbonyl (C=O) groups is 2. The third kappa shape index (κ3) is 40.8. The highest BCUT2D eigenvalue weighted by Gasteiger charge is 2.21. The molecule has 320 valence electrons. The number of allylic oxidation sites excluding steroid dienone is 13. The van der Waals surface area contributed by atoms with E-state index in [9.17, 15) is 19.0 Å². The molecule has 56 heavy (non-hydrogen) atoms. The Bertz CT molecular complexity index is 1230. The third-order valence-corrected chi connectivity index (χ3v) is 9.47. The summed E-state index contributed by atoms with van der Waals surface area (Å²) in [6, 6.07) is 0. The monoisotopic (exact) mass is 804 g/mol. The van der Waals surface area contributed by atoms with E-state index in [1.807, 2.05) is 39.4 Å². The van der Waals surface area contributed by atoms with Crippen molar-refractivity contribution in [3.63, 3.8) is 0 Å². The lowest BCUT2D eigenvalue weighted by atomic mass is 10.1. The van der Waals surface area contributed by atoms with Gasteiger partial charge in [0.25, 0.3) is 7.82 Å². The van der Waals surface area contributed by atoms with Gasteiger partial charge in [0.2, 0.25) is 0 Å². The largest absolute Gasteiger partial charge is 0.756 e. The molecule has 2 atom stereocenters. The lowest BCUT2D eigenvalue weighted by Crippen LogP contribution is -2.37. The maximum atomic E-state index is 12.6. The van der Waals surface area contributed by atoms with Crippen molar-refractivity contribution in [1.82, 2.24) is 0 Å². The number of likely N-dealkylation sites (N-methyl/N-ethyl adjacent to an activating group) is 1. The van der Waals surface area contributed by atoms with Gasteiger partial charge in [-0.25, -0.2) is 4.79 Å². The van der Waals surface area contributed by atoms with E-state index >= 15 is 0 Å². The minimum absolute atomic E-state index is 0.0584. The van der Waals surface area contributed by atoms with E-state index < -0.39 is 32.5 Å². The highest BCUT2D eigenvalue weighted by molar-refractivity contribution is 7.45. The van der Waals surface area contributed by atoms with E-state index in [4.69, 9.17) is 18.5 Å². The van der Waals surface area contributed by atoms with Crippen LogP contribution in [0.1, 0.15) is 142 Å². The maximum Gasteiger partial charge on any atom is 0.330 e. The fourth-order valence-electron chi connectivity index (χ4n) is 5.19. The number of phosphoric ester groups is 1. The van der Waals surface area contributed by atoms with Crippen molar-refractivity contribution in [2.75, 3.05) is 47.5 Å². The summed E-state index contributed by atoms with van der Waals surface area (Å²) in [5, 5.41) is 0. The lowest BCUT2D eigenvalue weighted by Gasteiger charge is -2.28. The average Bonchev–Trinajstić information content (AvgIpc) is 3.15. The Morgan fingerprint density at radius 2 is 1.14 bits per heavy atom. The molecular weight excluding hydrogens is 725 g/mol. The summed E-state index contributed by atoms with van der Waals surface area (Å²) in [5.41, 5.74) is 0. The molecule has 0 fully saturated rings. The lowest BCUT2D eigenvalue weighted by molar-refractivity contribution is -0.870. The van der Waals surface area contributed by atoms with E-state index in [2.05, 4.69) is 68.5 Å². The number of quaternary nitrogens is 1. The Hall–Kier alpha value is -2.81. The molecule has 1 unspecified atom stereocenters. The molecule has 0 rings (SSSR count). The Labute approximate surface area is 341 Å². The Kier molecular flexibility index (Phi) is 35.9. The number of ether oxygens (including phenoxy) is 2. The van der Waals surface area contributed by atoms with Gasteiger partial charge in [0.05, 0.1) is 27.7 Å². The highest BCUT2D eigenvalue weighted by Crippen LogP contribution is 2.38. The molecule has 0 aliphatic heterocycles. The first-order chi connectivity index (χ1) is 27.0. The number of hydrogen-bond donors (Lipinski definition) is 0. The molecule has 10 heteroatoms. The van der Waals surface area contributed by atoms with Crippen LogP contribution in [0.3, 0.4) is 0 Å². The predicted molar refractivity (Wildman–Crippen MR) is 231 cm³/mol. The molecule has 0 aromatic carbocycles. The second kappa shape index (κ2) is 37.7. The van der Waals surface area contributed by atoms with Gasteiger partial charge in [0.15, 0.2) is 6.10 Å². The topological polar surface area (TPSA) is 111 Å². The van der Waals surface area contributed by atoms with Gasteiger partial charge < -0.3 is 27.9 Å². The van der Waals surface area contributed by atoms with E-state index in [0.717, 1.165) is 44.9 Å². The van der Waals surface area contributed by atoms with Crippen molar-refractivity contribution in [3.8, 4) is 0 Å². The molecule has 0 aromatic rings. The highest BCUT2D eigenvalue weighted by atomic mass is 31.2. The standard InChI is InChI=1S/C46H78NO8P/c1-6-8-10-12-14-16-18-20-22-23-25-27-29-31-33-35-37-39-46(49)55-44(43-54-56(50,51)53-41-40-47(3,4)5)42-52-45(48)38-36-34-32-30-28-26-24-21-19-17-15-13-11-9-7-2/h8,10,14,16,20,22,25,27,31-34,36,38,44H,6-7,9,11-13,15,17-19,21,23-24,26,28-30,35,37,39-43H2,1-5H3/b10-8+,16-14+,22-20+,27-25+,33-31+,34-32+,38-36+/t44-/m1/s1. The maximum absolute atomic E-state index is 12.6. The minimum atomic E-state index is -4.66. The van der Waals surface area contributed by atoms with Crippen LogP contribution in [0.25, 0.3) is 0 Å². The summed E-state index contributed by atoms with van der Waals surface area (Å²) in [6.07, 6.45) is 48.3. The third-order valence-electron chi connectivity index (χ3n) is 8.50. The summed E-state index contributed by atoms with van der Waals surface area (Å²) < 4.78 is 33.6. The molecule has 0 bridgehead atoms.